The quantitative estimate of drug-likeness (QED) is 0.325. The summed E-state index contributed by atoms with van der Waals surface area (Å²) in [7, 11) is 4.01. The van der Waals surface area contributed by atoms with Crippen LogP contribution in [0.1, 0.15) is 37.7 Å². The van der Waals surface area contributed by atoms with Crippen LogP contribution in [0.2, 0.25) is 0 Å². The van der Waals surface area contributed by atoms with Crippen LogP contribution in [0.25, 0.3) is 16.8 Å². The molecule has 0 unspecified atom stereocenters. The van der Waals surface area contributed by atoms with Gasteiger partial charge in [-0.3, -0.25) is 4.99 Å². The number of hydrogen-bond donors (Lipinski definition) is 0. The van der Waals surface area contributed by atoms with Crippen molar-refractivity contribution in [1.82, 2.24) is 14.5 Å². The zero-order valence-corrected chi connectivity index (χ0v) is 19.0. The maximum atomic E-state index is 14.7. The average Bonchev–Trinajstić information content (AvgIpc) is 3.13. The number of imidazole rings is 1. The van der Waals surface area contributed by atoms with Gasteiger partial charge in [0.25, 0.3) is 0 Å². The third-order valence-electron chi connectivity index (χ3n) is 5.05. The van der Waals surface area contributed by atoms with E-state index in [2.05, 4.69) is 35.4 Å². The Morgan fingerprint density at radius 2 is 1.87 bits per heavy atom. The summed E-state index contributed by atoms with van der Waals surface area (Å²) in [5, 5.41) is 0. The fourth-order valence-electron chi connectivity index (χ4n) is 3.51. The maximum absolute atomic E-state index is 14.7. The molecule has 3 rings (SSSR count). The summed E-state index contributed by atoms with van der Waals surface area (Å²) >= 11 is 0. The summed E-state index contributed by atoms with van der Waals surface area (Å²) in [5.41, 5.74) is 4.23. The number of nitrogens with zero attached hydrogens (tertiary/aromatic N) is 4. The lowest BCUT2D eigenvalue weighted by molar-refractivity contribution is 0.271. The molecule has 0 saturated carbocycles. The molecule has 0 N–H and O–H groups in total. The highest BCUT2D eigenvalue weighted by molar-refractivity contribution is 5.73. The molecule has 31 heavy (non-hydrogen) atoms. The third-order valence-corrected chi connectivity index (χ3v) is 5.05. The Morgan fingerprint density at radius 3 is 2.52 bits per heavy atom. The highest BCUT2D eigenvalue weighted by Crippen LogP contribution is 2.33. The molecular weight excluding hydrogens is 391 g/mol. The predicted octanol–water partition coefficient (Wildman–Crippen LogP) is 5.77. The van der Waals surface area contributed by atoms with Crippen molar-refractivity contribution in [2.75, 3.05) is 27.2 Å². The first-order valence-electron chi connectivity index (χ1n) is 10.5. The van der Waals surface area contributed by atoms with Crippen molar-refractivity contribution < 1.29 is 9.13 Å². The molecule has 0 amide bonds. The Hall–Kier alpha value is -2.99. The van der Waals surface area contributed by atoms with E-state index in [1.807, 2.05) is 56.0 Å². The summed E-state index contributed by atoms with van der Waals surface area (Å²) in [4.78, 5) is 10.9. The minimum Gasteiger partial charge on any atom is -0.490 e. The van der Waals surface area contributed by atoms with E-state index in [-0.39, 0.29) is 17.5 Å². The van der Waals surface area contributed by atoms with Gasteiger partial charge in [0.15, 0.2) is 11.6 Å². The number of aryl methyl sites for hydroxylation is 1. The fraction of sp³-hybridized carbons (Fsp3) is 0.360. The van der Waals surface area contributed by atoms with Gasteiger partial charge in [-0.2, -0.15) is 0 Å². The van der Waals surface area contributed by atoms with Crippen LogP contribution in [0.4, 0.5) is 10.1 Å². The Bertz CT molecular complexity index is 1060. The van der Waals surface area contributed by atoms with Gasteiger partial charge in [0.1, 0.15) is 5.82 Å². The number of aliphatic imine (C=N–C) groups is 1. The second kappa shape index (κ2) is 9.88. The lowest BCUT2D eigenvalue weighted by Crippen LogP contribution is -2.15. The molecule has 0 radical (unpaired) electrons. The molecule has 0 saturated heterocycles. The van der Waals surface area contributed by atoms with Gasteiger partial charge in [-0.05, 0) is 69.5 Å². The maximum Gasteiger partial charge on any atom is 0.165 e. The van der Waals surface area contributed by atoms with E-state index in [1.165, 1.54) is 6.07 Å². The normalized spacial score (nSPS) is 11.4. The van der Waals surface area contributed by atoms with Crippen molar-refractivity contribution in [3.8, 4) is 22.6 Å². The predicted molar refractivity (Wildman–Crippen MR) is 126 cm³/mol. The zero-order chi connectivity index (χ0) is 22.5. The van der Waals surface area contributed by atoms with E-state index in [0.717, 1.165) is 47.0 Å². The van der Waals surface area contributed by atoms with Crippen molar-refractivity contribution in [3.63, 3.8) is 0 Å². The Morgan fingerprint density at radius 1 is 1.16 bits per heavy atom. The van der Waals surface area contributed by atoms with Gasteiger partial charge in [0.2, 0.25) is 0 Å². The smallest absolute Gasteiger partial charge is 0.165 e. The highest BCUT2D eigenvalue weighted by Gasteiger charge is 2.15. The molecule has 164 valence electrons. The Kier molecular flexibility index (Phi) is 7.23. The number of rotatable bonds is 9. The molecule has 0 aliphatic carbocycles. The van der Waals surface area contributed by atoms with Crippen LogP contribution in [-0.4, -0.2) is 48.4 Å². The molecule has 6 heteroatoms. The second-order valence-electron chi connectivity index (χ2n) is 8.28. The molecule has 1 heterocycles. The molecule has 0 aliphatic heterocycles. The van der Waals surface area contributed by atoms with Crippen LogP contribution in [0, 0.1) is 12.7 Å². The van der Waals surface area contributed by atoms with Gasteiger partial charge < -0.3 is 14.2 Å². The Balaban J connectivity index is 1.91. The van der Waals surface area contributed by atoms with Crippen molar-refractivity contribution in [3.05, 3.63) is 59.9 Å². The first kappa shape index (κ1) is 22.7. The second-order valence-corrected chi connectivity index (χ2v) is 8.28. The molecular formula is C25H31FN4O. The van der Waals surface area contributed by atoms with E-state index < -0.39 is 0 Å². The van der Waals surface area contributed by atoms with E-state index >= 15 is 0 Å². The molecule has 0 atom stereocenters. The summed E-state index contributed by atoms with van der Waals surface area (Å²) in [6.07, 6.45) is 2.84. The zero-order valence-electron chi connectivity index (χ0n) is 19.0. The summed E-state index contributed by atoms with van der Waals surface area (Å²) < 4.78 is 22.3. The minimum atomic E-state index is -0.365. The molecule has 0 bridgehead atoms. The van der Waals surface area contributed by atoms with Gasteiger partial charge in [-0.25, -0.2) is 9.37 Å². The number of ether oxygens (including phenoxy) is 1. The fourth-order valence-corrected chi connectivity index (χ4v) is 3.51. The van der Waals surface area contributed by atoms with Crippen molar-refractivity contribution in [1.29, 1.82) is 0 Å². The van der Waals surface area contributed by atoms with Crippen molar-refractivity contribution >= 4 is 12.4 Å². The number of halogens is 1. The van der Waals surface area contributed by atoms with Gasteiger partial charge in [-0.1, -0.05) is 26.0 Å². The van der Waals surface area contributed by atoms with Gasteiger partial charge in [0, 0.05) is 18.7 Å². The van der Waals surface area contributed by atoms with E-state index in [0.29, 0.717) is 6.61 Å². The summed E-state index contributed by atoms with van der Waals surface area (Å²) in [6.45, 7) is 11.3. The van der Waals surface area contributed by atoms with Crippen LogP contribution < -0.4 is 4.74 Å². The van der Waals surface area contributed by atoms with Crippen LogP contribution in [0.3, 0.4) is 0 Å². The van der Waals surface area contributed by atoms with Crippen molar-refractivity contribution in [2.45, 2.75) is 33.1 Å². The van der Waals surface area contributed by atoms with E-state index in [4.69, 9.17) is 4.74 Å². The number of benzene rings is 2. The third kappa shape index (κ3) is 5.39. The largest absolute Gasteiger partial charge is 0.490 e. The topological polar surface area (TPSA) is 42.6 Å². The molecule has 0 aliphatic rings. The van der Waals surface area contributed by atoms with Gasteiger partial charge in [-0.15, -0.1) is 0 Å². The molecule has 0 spiro atoms. The molecule has 1 aromatic heterocycles. The lowest BCUT2D eigenvalue weighted by Gasteiger charge is -2.15. The average molecular weight is 423 g/mol. The van der Waals surface area contributed by atoms with Crippen LogP contribution in [0.5, 0.6) is 5.75 Å². The van der Waals surface area contributed by atoms with Gasteiger partial charge in [0.05, 0.1) is 23.7 Å². The van der Waals surface area contributed by atoms with Crippen LogP contribution in [-0.2, 0) is 0 Å². The van der Waals surface area contributed by atoms with Crippen LogP contribution in [0.15, 0.2) is 47.6 Å². The first-order valence-corrected chi connectivity index (χ1v) is 10.5. The van der Waals surface area contributed by atoms with Crippen LogP contribution >= 0.6 is 0 Å². The highest BCUT2D eigenvalue weighted by atomic mass is 19.1. The monoisotopic (exact) mass is 422 g/mol. The van der Waals surface area contributed by atoms with E-state index in [1.54, 1.807) is 6.07 Å². The van der Waals surface area contributed by atoms with Crippen molar-refractivity contribution in [2.24, 2.45) is 4.99 Å². The number of aromatic nitrogens is 2. The molecule has 5 nitrogen and oxygen atoms in total. The number of hydrogen-bond acceptors (Lipinski definition) is 4. The summed E-state index contributed by atoms with van der Waals surface area (Å²) in [5.74, 6) is 1.11. The molecule has 2 aromatic carbocycles. The minimum absolute atomic E-state index is 0.247. The standard InChI is InChI=1S/C25H31FN4O/c1-17(2)25-28-18(3)16-30(25)23-15-20(8-10-22(23)27-4)19-9-11-24(21(26)14-19)31-13-7-12-29(5)6/h8-11,14-17H,4,7,12-13H2,1-3,5-6H3. The molecule has 0 fully saturated rings. The Labute approximate surface area is 184 Å². The van der Waals surface area contributed by atoms with E-state index in [9.17, 15) is 4.39 Å². The van der Waals surface area contributed by atoms with Gasteiger partial charge >= 0.3 is 0 Å². The summed E-state index contributed by atoms with van der Waals surface area (Å²) in [6, 6.07) is 10.9. The molecule has 3 aromatic rings. The lowest BCUT2D eigenvalue weighted by atomic mass is 10.0. The SMILES string of the molecule is C=Nc1ccc(-c2ccc(OCCCN(C)C)c(F)c2)cc1-n1cc(C)nc1C(C)C. The first-order chi connectivity index (χ1) is 14.8.